The van der Waals surface area contributed by atoms with Gasteiger partial charge < -0.3 is 14.8 Å². The highest BCUT2D eigenvalue weighted by molar-refractivity contribution is 9.10. The Balaban J connectivity index is 1.48. The summed E-state index contributed by atoms with van der Waals surface area (Å²) in [6, 6.07) is 15.2. The van der Waals surface area contributed by atoms with E-state index in [1.54, 1.807) is 54.6 Å². The highest BCUT2D eigenvalue weighted by Gasteiger charge is 2.36. The first-order valence-corrected chi connectivity index (χ1v) is 14.2. The predicted octanol–water partition coefficient (Wildman–Crippen LogP) is 8.06. The van der Waals surface area contributed by atoms with Crippen LogP contribution in [0.15, 0.2) is 64.0 Å². The molecule has 7 nitrogen and oxygen atoms in total. The van der Waals surface area contributed by atoms with E-state index in [4.69, 9.17) is 44.3 Å². The van der Waals surface area contributed by atoms with E-state index in [0.717, 1.165) is 22.2 Å². The Kier molecular flexibility index (Phi) is 9.85. The van der Waals surface area contributed by atoms with E-state index in [1.807, 2.05) is 13.0 Å². The third kappa shape index (κ3) is 7.49. The zero-order valence-electron chi connectivity index (χ0n) is 20.3. The second kappa shape index (κ2) is 13.1. The molecule has 3 aromatic rings. The van der Waals surface area contributed by atoms with Gasteiger partial charge in [0.25, 0.3) is 11.1 Å². The Hall–Kier alpha value is -2.69. The van der Waals surface area contributed by atoms with Crippen molar-refractivity contribution in [3.05, 3.63) is 90.2 Å². The van der Waals surface area contributed by atoms with E-state index in [1.165, 1.54) is 0 Å². The lowest BCUT2D eigenvalue weighted by molar-refractivity contribution is -0.127. The largest absolute Gasteiger partial charge is 0.490 e. The third-order valence-corrected chi connectivity index (χ3v) is 7.79. The maximum absolute atomic E-state index is 13.0. The van der Waals surface area contributed by atoms with Crippen LogP contribution in [0.3, 0.4) is 0 Å². The van der Waals surface area contributed by atoms with Crippen LogP contribution in [-0.2, 0) is 16.2 Å². The summed E-state index contributed by atoms with van der Waals surface area (Å²) in [5, 5.41) is 3.50. The number of anilines is 1. The van der Waals surface area contributed by atoms with E-state index in [-0.39, 0.29) is 11.5 Å². The second-order valence-electron chi connectivity index (χ2n) is 8.12. The lowest BCUT2D eigenvalue weighted by Crippen LogP contribution is -2.36. The number of carbonyl (C=O) groups is 3. The van der Waals surface area contributed by atoms with Crippen molar-refractivity contribution >= 4 is 91.3 Å². The van der Waals surface area contributed by atoms with Gasteiger partial charge in [-0.1, -0.05) is 40.9 Å². The normalized spacial score (nSPS) is 14.2. The van der Waals surface area contributed by atoms with Crippen LogP contribution < -0.4 is 14.8 Å². The summed E-state index contributed by atoms with van der Waals surface area (Å²) in [5.74, 6) is -0.164. The minimum absolute atomic E-state index is 0.179. The van der Waals surface area contributed by atoms with Crippen LogP contribution in [-0.4, -0.2) is 35.1 Å². The number of imide groups is 1. The molecule has 4 rings (SSSR count). The molecule has 1 fully saturated rings. The number of nitrogens with one attached hydrogen (secondary N) is 1. The molecule has 39 heavy (non-hydrogen) atoms. The standard InChI is InChI=1S/C27H20BrCl3N2O5S/c1-2-37-22-11-16(9-19(28)25(22)38-14-15-3-8-20(30)21(31)10-15)12-23-26(35)33(27(36)39-23)13-24(34)32-18-6-4-17(29)5-7-18/h3-12H,2,13-14H2,1H3,(H,32,34)/b23-12+. The summed E-state index contributed by atoms with van der Waals surface area (Å²) in [4.78, 5) is 39.0. The van der Waals surface area contributed by atoms with Gasteiger partial charge in [-0.05, 0) is 100 Å². The van der Waals surface area contributed by atoms with E-state index in [9.17, 15) is 14.4 Å². The average Bonchev–Trinajstić information content (AvgIpc) is 3.14. The number of rotatable bonds is 9. The SMILES string of the molecule is CCOc1cc(/C=C2/SC(=O)N(CC(=O)Nc3ccc(Cl)cc3)C2=O)cc(Br)c1OCc1ccc(Cl)c(Cl)c1. The molecule has 1 N–H and O–H groups in total. The van der Waals surface area contributed by atoms with E-state index in [0.29, 0.717) is 48.9 Å². The molecule has 0 unspecified atom stereocenters. The van der Waals surface area contributed by atoms with Crippen molar-refractivity contribution < 1.29 is 23.9 Å². The summed E-state index contributed by atoms with van der Waals surface area (Å²) in [6.07, 6.45) is 1.57. The van der Waals surface area contributed by atoms with Crippen LogP contribution in [0.2, 0.25) is 15.1 Å². The molecular weight excluding hydrogens is 651 g/mol. The van der Waals surface area contributed by atoms with Gasteiger partial charge in [0.05, 0.1) is 26.0 Å². The molecule has 1 aliphatic rings. The average molecular weight is 671 g/mol. The maximum Gasteiger partial charge on any atom is 0.294 e. The number of nitrogens with zero attached hydrogens (tertiary/aromatic N) is 1. The minimum atomic E-state index is -0.565. The van der Waals surface area contributed by atoms with Crippen molar-refractivity contribution in [1.82, 2.24) is 4.90 Å². The van der Waals surface area contributed by atoms with Crippen molar-refractivity contribution in [3.63, 3.8) is 0 Å². The van der Waals surface area contributed by atoms with E-state index < -0.39 is 23.6 Å². The van der Waals surface area contributed by atoms with Gasteiger partial charge in [-0.15, -0.1) is 0 Å². The van der Waals surface area contributed by atoms with E-state index >= 15 is 0 Å². The van der Waals surface area contributed by atoms with Gasteiger partial charge in [0.15, 0.2) is 11.5 Å². The highest BCUT2D eigenvalue weighted by atomic mass is 79.9. The van der Waals surface area contributed by atoms with Crippen LogP contribution in [0.5, 0.6) is 11.5 Å². The lowest BCUT2D eigenvalue weighted by atomic mass is 10.1. The number of hydrogen-bond donors (Lipinski definition) is 1. The highest BCUT2D eigenvalue weighted by Crippen LogP contribution is 2.40. The third-order valence-electron chi connectivity index (χ3n) is 5.30. The number of hydrogen-bond acceptors (Lipinski definition) is 6. The molecule has 202 valence electrons. The molecule has 1 aliphatic heterocycles. The molecule has 0 bridgehead atoms. The van der Waals surface area contributed by atoms with Crippen molar-refractivity contribution in [2.24, 2.45) is 0 Å². The van der Waals surface area contributed by atoms with E-state index in [2.05, 4.69) is 21.2 Å². The second-order valence-corrected chi connectivity index (χ2v) is 11.2. The van der Waals surface area contributed by atoms with Gasteiger partial charge in [0, 0.05) is 10.7 Å². The summed E-state index contributed by atoms with van der Waals surface area (Å²) in [6.45, 7) is 2.01. The fraction of sp³-hybridized carbons (Fsp3) is 0.148. The number of carbonyl (C=O) groups excluding carboxylic acids is 3. The van der Waals surface area contributed by atoms with Crippen LogP contribution in [0.1, 0.15) is 18.1 Å². The Bertz CT molecular complexity index is 1470. The van der Waals surface area contributed by atoms with Gasteiger partial charge >= 0.3 is 0 Å². The molecule has 0 aromatic heterocycles. The smallest absolute Gasteiger partial charge is 0.294 e. The molecule has 1 saturated heterocycles. The van der Waals surface area contributed by atoms with Gasteiger partial charge in [0.1, 0.15) is 13.2 Å². The quantitative estimate of drug-likeness (QED) is 0.232. The fourth-order valence-corrected chi connectivity index (χ4v) is 5.38. The topological polar surface area (TPSA) is 84.9 Å². The van der Waals surface area contributed by atoms with Gasteiger partial charge in [0.2, 0.25) is 5.91 Å². The Morgan fingerprint density at radius 3 is 2.46 bits per heavy atom. The van der Waals surface area contributed by atoms with Crippen molar-refractivity contribution in [2.75, 3.05) is 18.5 Å². The monoisotopic (exact) mass is 668 g/mol. The van der Waals surface area contributed by atoms with Crippen LogP contribution in [0.25, 0.3) is 6.08 Å². The molecule has 3 amide bonds. The molecule has 12 heteroatoms. The summed E-state index contributed by atoms with van der Waals surface area (Å²) >= 11 is 22.2. The van der Waals surface area contributed by atoms with Gasteiger partial charge in [-0.25, -0.2) is 0 Å². The molecule has 3 aromatic carbocycles. The maximum atomic E-state index is 13.0. The van der Waals surface area contributed by atoms with Crippen molar-refractivity contribution in [3.8, 4) is 11.5 Å². The summed E-state index contributed by atoms with van der Waals surface area (Å²) < 4.78 is 12.4. The first kappa shape index (κ1) is 29.3. The van der Waals surface area contributed by atoms with Crippen molar-refractivity contribution in [1.29, 1.82) is 0 Å². The molecule has 0 saturated carbocycles. The Morgan fingerprint density at radius 1 is 1.03 bits per heavy atom. The fourth-order valence-electron chi connectivity index (χ4n) is 3.52. The lowest BCUT2D eigenvalue weighted by Gasteiger charge is -2.15. The first-order chi connectivity index (χ1) is 18.6. The van der Waals surface area contributed by atoms with Gasteiger partial charge in [-0.3, -0.25) is 19.3 Å². The minimum Gasteiger partial charge on any atom is -0.490 e. The number of thioether (sulfide) groups is 1. The van der Waals surface area contributed by atoms with Crippen molar-refractivity contribution in [2.45, 2.75) is 13.5 Å². The molecule has 0 spiro atoms. The van der Waals surface area contributed by atoms with Crippen LogP contribution in [0, 0.1) is 0 Å². The number of benzene rings is 3. The van der Waals surface area contributed by atoms with Gasteiger partial charge in [-0.2, -0.15) is 0 Å². The summed E-state index contributed by atoms with van der Waals surface area (Å²) in [5.41, 5.74) is 1.92. The Morgan fingerprint density at radius 2 is 1.77 bits per heavy atom. The number of halogens is 4. The predicted molar refractivity (Wildman–Crippen MR) is 159 cm³/mol. The van der Waals surface area contributed by atoms with Crippen LogP contribution >= 0.6 is 62.5 Å². The number of ether oxygens (including phenoxy) is 2. The molecule has 0 aliphatic carbocycles. The number of amides is 3. The zero-order chi connectivity index (χ0) is 28.1. The van der Waals surface area contributed by atoms with Crippen LogP contribution in [0.4, 0.5) is 10.5 Å². The molecule has 0 atom stereocenters. The zero-order valence-corrected chi connectivity index (χ0v) is 25.0. The first-order valence-electron chi connectivity index (χ1n) is 11.5. The Labute approximate surface area is 252 Å². The summed E-state index contributed by atoms with van der Waals surface area (Å²) in [7, 11) is 0. The molecular formula is C27H20BrCl3N2O5S. The molecule has 1 heterocycles. The molecule has 0 radical (unpaired) electrons.